The van der Waals surface area contributed by atoms with Crippen molar-refractivity contribution in [2.24, 2.45) is 5.92 Å². The summed E-state index contributed by atoms with van der Waals surface area (Å²) in [5.74, 6) is 1.35. The van der Waals surface area contributed by atoms with Gasteiger partial charge in [0.05, 0.1) is 6.54 Å². The first-order valence-corrected chi connectivity index (χ1v) is 10.7. The van der Waals surface area contributed by atoms with Gasteiger partial charge in [-0.3, -0.25) is 14.5 Å². The monoisotopic (exact) mass is 415 g/mol. The van der Waals surface area contributed by atoms with Crippen LogP contribution < -0.4 is 14.8 Å². The maximum Gasteiger partial charge on any atom is 0.325 e. The predicted octanol–water partition coefficient (Wildman–Crippen LogP) is 2.18. The normalized spacial score (nSPS) is 27.9. The van der Waals surface area contributed by atoms with Gasteiger partial charge in [0, 0.05) is 6.54 Å². The first-order valence-electron chi connectivity index (χ1n) is 10.7. The number of likely N-dealkylation sites (N-methyl/N-ethyl adjacent to an activating group) is 1. The Balaban J connectivity index is 1.37. The summed E-state index contributed by atoms with van der Waals surface area (Å²) in [5, 5.41) is 2.87. The van der Waals surface area contributed by atoms with E-state index in [1.165, 1.54) is 0 Å². The molecule has 1 saturated heterocycles. The third kappa shape index (κ3) is 3.82. The van der Waals surface area contributed by atoms with Gasteiger partial charge in [-0.25, -0.2) is 4.79 Å². The molecule has 1 aliphatic carbocycles. The molecular formula is C22H29N3O5. The molecule has 30 heavy (non-hydrogen) atoms. The Hall–Kier alpha value is -2.77. The minimum atomic E-state index is -0.828. The number of ether oxygens (including phenoxy) is 2. The Morgan fingerprint density at radius 2 is 1.93 bits per heavy atom. The lowest BCUT2D eigenvalue weighted by Gasteiger charge is -2.34. The number of hydrogen-bond acceptors (Lipinski definition) is 5. The number of nitrogens with one attached hydrogen (secondary N) is 1. The summed E-state index contributed by atoms with van der Waals surface area (Å²) in [6.45, 7) is 4.89. The summed E-state index contributed by atoms with van der Waals surface area (Å²) in [6.07, 6.45) is 2.75. The van der Waals surface area contributed by atoms with Crippen molar-refractivity contribution in [2.75, 3.05) is 26.2 Å². The minimum Gasteiger partial charge on any atom is -0.486 e. The topological polar surface area (TPSA) is 88.2 Å². The van der Waals surface area contributed by atoms with Crippen LogP contribution in [0.5, 0.6) is 11.5 Å². The second-order valence-electron chi connectivity index (χ2n) is 8.52. The summed E-state index contributed by atoms with van der Waals surface area (Å²) in [7, 11) is 0. The molecule has 1 spiro atoms. The van der Waals surface area contributed by atoms with E-state index in [9.17, 15) is 14.4 Å². The van der Waals surface area contributed by atoms with E-state index in [1.54, 1.807) is 4.90 Å². The molecule has 8 nitrogen and oxygen atoms in total. The fraction of sp³-hybridized carbons (Fsp3) is 0.591. The Kier molecular flexibility index (Phi) is 5.58. The molecular weight excluding hydrogens is 386 g/mol. The second kappa shape index (κ2) is 8.16. The molecule has 1 N–H and O–H groups in total. The maximum atomic E-state index is 13.0. The molecule has 8 heteroatoms. The van der Waals surface area contributed by atoms with Crippen LogP contribution in [0.4, 0.5) is 4.79 Å². The molecule has 0 unspecified atom stereocenters. The van der Waals surface area contributed by atoms with E-state index in [4.69, 9.17) is 9.47 Å². The molecule has 0 bridgehead atoms. The van der Waals surface area contributed by atoms with Crippen LogP contribution in [-0.2, 0) is 9.59 Å². The molecule has 162 valence electrons. The Labute approximate surface area is 176 Å². The average Bonchev–Trinajstić information content (AvgIpc) is 2.98. The molecule has 2 fully saturated rings. The zero-order chi connectivity index (χ0) is 21.3. The third-order valence-corrected chi connectivity index (χ3v) is 6.39. The fourth-order valence-electron chi connectivity index (χ4n) is 4.46. The van der Waals surface area contributed by atoms with Crippen molar-refractivity contribution in [2.45, 2.75) is 51.2 Å². The van der Waals surface area contributed by atoms with E-state index >= 15 is 0 Å². The Bertz CT molecular complexity index is 834. The van der Waals surface area contributed by atoms with Crippen LogP contribution in [-0.4, -0.2) is 65.5 Å². The SMILES string of the molecule is CCN(C[C@H]1COc2ccccc2O1)C(=O)CN1C(=O)NC2(CCC(C)CC2)C1=O. The van der Waals surface area contributed by atoms with E-state index in [2.05, 4.69) is 12.2 Å². The number of fused-ring (bicyclic) bond motifs is 1. The van der Waals surface area contributed by atoms with Crippen LogP contribution in [0.25, 0.3) is 0 Å². The zero-order valence-electron chi connectivity index (χ0n) is 17.6. The number of carbonyl (C=O) groups is 3. The maximum absolute atomic E-state index is 13.0. The van der Waals surface area contributed by atoms with Crippen molar-refractivity contribution >= 4 is 17.8 Å². The van der Waals surface area contributed by atoms with Crippen LogP contribution in [0.15, 0.2) is 24.3 Å². The second-order valence-corrected chi connectivity index (χ2v) is 8.52. The first-order chi connectivity index (χ1) is 14.4. The van der Waals surface area contributed by atoms with Gasteiger partial charge in [-0.1, -0.05) is 19.1 Å². The molecule has 3 aliphatic rings. The highest BCUT2D eigenvalue weighted by Gasteiger charge is 2.52. The minimum absolute atomic E-state index is 0.250. The molecule has 1 saturated carbocycles. The molecule has 4 amide bonds. The fourth-order valence-corrected chi connectivity index (χ4v) is 4.46. The van der Waals surface area contributed by atoms with E-state index in [0.717, 1.165) is 17.7 Å². The number of amides is 4. The van der Waals surface area contributed by atoms with Crippen molar-refractivity contribution in [1.82, 2.24) is 15.1 Å². The molecule has 0 aromatic heterocycles. The number of imide groups is 1. The lowest BCUT2D eigenvalue weighted by atomic mass is 9.77. The Morgan fingerprint density at radius 1 is 1.23 bits per heavy atom. The number of rotatable bonds is 5. The quantitative estimate of drug-likeness (QED) is 0.745. The average molecular weight is 415 g/mol. The van der Waals surface area contributed by atoms with Crippen molar-refractivity contribution in [3.05, 3.63) is 24.3 Å². The van der Waals surface area contributed by atoms with Gasteiger partial charge < -0.3 is 19.7 Å². The van der Waals surface area contributed by atoms with Crippen LogP contribution in [0, 0.1) is 5.92 Å². The van der Waals surface area contributed by atoms with Gasteiger partial charge in [0.1, 0.15) is 18.7 Å². The molecule has 1 aromatic rings. The van der Waals surface area contributed by atoms with Gasteiger partial charge in [-0.15, -0.1) is 0 Å². The van der Waals surface area contributed by atoms with Crippen LogP contribution >= 0.6 is 0 Å². The van der Waals surface area contributed by atoms with Crippen LogP contribution in [0.2, 0.25) is 0 Å². The van der Waals surface area contributed by atoms with Gasteiger partial charge in [-0.05, 0) is 50.7 Å². The zero-order valence-corrected chi connectivity index (χ0v) is 17.6. The predicted molar refractivity (Wildman–Crippen MR) is 109 cm³/mol. The first kappa shape index (κ1) is 20.5. The highest BCUT2D eigenvalue weighted by molar-refractivity contribution is 6.09. The molecule has 4 rings (SSSR count). The summed E-state index contributed by atoms with van der Waals surface area (Å²) in [5.41, 5.74) is -0.828. The smallest absolute Gasteiger partial charge is 0.325 e. The van der Waals surface area contributed by atoms with E-state index < -0.39 is 11.6 Å². The Morgan fingerprint density at radius 3 is 2.63 bits per heavy atom. The van der Waals surface area contributed by atoms with Gasteiger partial charge in [0.15, 0.2) is 17.6 Å². The number of urea groups is 1. The number of hydrogen-bond donors (Lipinski definition) is 1. The largest absolute Gasteiger partial charge is 0.486 e. The summed E-state index contributed by atoms with van der Waals surface area (Å²) in [6, 6.07) is 6.95. The van der Waals surface area contributed by atoms with Crippen LogP contribution in [0.3, 0.4) is 0 Å². The number of para-hydroxylation sites is 2. The molecule has 1 aromatic carbocycles. The van der Waals surface area contributed by atoms with Crippen molar-refractivity contribution < 1.29 is 23.9 Å². The lowest BCUT2D eigenvalue weighted by molar-refractivity contribution is -0.140. The van der Waals surface area contributed by atoms with E-state index in [1.807, 2.05) is 31.2 Å². The summed E-state index contributed by atoms with van der Waals surface area (Å²) in [4.78, 5) is 41.1. The summed E-state index contributed by atoms with van der Waals surface area (Å²) >= 11 is 0. The van der Waals surface area contributed by atoms with Crippen molar-refractivity contribution in [3.63, 3.8) is 0 Å². The molecule has 2 aliphatic heterocycles. The molecule has 1 atom stereocenters. The van der Waals surface area contributed by atoms with Gasteiger partial charge in [-0.2, -0.15) is 0 Å². The van der Waals surface area contributed by atoms with Crippen molar-refractivity contribution in [3.8, 4) is 11.5 Å². The highest BCUT2D eigenvalue weighted by atomic mass is 16.6. The summed E-state index contributed by atoms with van der Waals surface area (Å²) < 4.78 is 11.7. The standard InChI is InChI=1S/C22H29N3O5/c1-3-24(12-16-14-29-17-6-4-5-7-18(17)30-16)19(26)13-25-20(27)22(23-21(25)28)10-8-15(2)9-11-22/h4-7,15-16H,3,8-14H2,1-2H3,(H,23,28)/t15?,16-,22?/m0/s1. The van der Waals surface area contributed by atoms with Gasteiger partial charge in [0.25, 0.3) is 5.91 Å². The molecule has 2 heterocycles. The van der Waals surface area contributed by atoms with Gasteiger partial charge in [0.2, 0.25) is 5.91 Å². The molecule has 0 radical (unpaired) electrons. The van der Waals surface area contributed by atoms with Gasteiger partial charge >= 0.3 is 6.03 Å². The number of benzene rings is 1. The van der Waals surface area contributed by atoms with E-state index in [0.29, 0.717) is 50.0 Å². The van der Waals surface area contributed by atoms with Crippen molar-refractivity contribution in [1.29, 1.82) is 0 Å². The third-order valence-electron chi connectivity index (χ3n) is 6.39. The number of carbonyl (C=O) groups excluding carboxylic acids is 3. The lowest BCUT2D eigenvalue weighted by Crippen LogP contribution is -2.50. The van der Waals surface area contributed by atoms with Crippen LogP contribution in [0.1, 0.15) is 39.5 Å². The highest BCUT2D eigenvalue weighted by Crippen LogP contribution is 2.36. The van der Waals surface area contributed by atoms with E-state index in [-0.39, 0.29) is 24.5 Å². The number of nitrogens with zero attached hydrogens (tertiary/aromatic N) is 2.